The molecule has 1 aliphatic rings. The van der Waals surface area contributed by atoms with Gasteiger partial charge >= 0.3 is 0 Å². The lowest BCUT2D eigenvalue weighted by Crippen LogP contribution is -2.31. The lowest BCUT2D eigenvalue weighted by Gasteiger charge is -2.22. The summed E-state index contributed by atoms with van der Waals surface area (Å²) in [5, 5.41) is 4.32. The van der Waals surface area contributed by atoms with Crippen LogP contribution in [0.5, 0.6) is 0 Å². The van der Waals surface area contributed by atoms with E-state index in [2.05, 4.69) is 48.3 Å². The second-order valence-electron chi connectivity index (χ2n) is 4.52. The summed E-state index contributed by atoms with van der Waals surface area (Å²) in [6, 6.07) is 8.74. The smallest absolute Gasteiger partial charge is 0.0173 e. The van der Waals surface area contributed by atoms with Gasteiger partial charge in [-0.05, 0) is 49.6 Å². The minimum absolute atomic E-state index is 0.845. The Balaban J connectivity index is 1.73. The van der Waals surface area contributed by atoms with Crippen molar-refractivity contribution < 1.29 is 0 Å². The van der Waals surface area contributed by atoms with Gasteiger partial charge in [0.1, 0.15) is 0 Å². The molecule has 1 unspecified atom stereocenters. The molecule has 1 heterocycles. The number of benzene rings is 1. The fraction of sp³-hybridized carbons (Fsp3) is 0.571. The van der Waals surface area contributed by atoms with E-state index in [4.69, 9.17) is 0 Å². The number of aryl methyl sites for hydroxylation is 2. The Labute approximate surface area is 103 Å². The Hall–Kier alpha value is -0.470. The third-order valence-corrected chi connectivity index (χ3v) is 4.55. The third-order valence-electron chi connectivity index (χ3n) is 3.24. The van der Waals surface area contributed by atoms with Crippen LogP contribution in [0.3, 0.4) is 0 Å². The molecule has 2 rings (SSSR count). The summed E-state index contributed by atoms with van der Waals surface area (Å²) in [4.78, 5) is 0. The molecule has 0 aromatic heterocycles. The van der Waals surface area contributed by atoms with E-state index in [9.17, 15) is 0 Å². The van der Waals surface area contributed by atoms with Crippen LogP contribution >= 0.6 is 11.8 Å². The van der Waals surface area contributed by atoms with Crippen LogP contribution < -0.4 is 5.32 Å². The molecule has 1 saturated heterocycles. The van der Waals surface area contributed by atoms with Crippen molar-refractivity contribution >= 4 is 11.8 Å². The van der Waals surface area contributed by atoms with Crippen LogP contribution in [-0.2, 0) is 6.42 Å². The molecule has 1 aromatic rings. The van der Waals surface area contributed by atoms with Gasteiger partial charge in [-0.15, -0.1) is 0 Å². The van der Waals surface area contributed by atoms with Gasteiger partial charge < -0.3 is 5.32 Å². The van der Waals surface area contributed by atoms with Gasteiger partial charge in [-0.2, -0.15) is 11.8 Å². The van der Waals surface area contributed by atoms with Crippen LogP contribution in [0.2, 0.25) is 0 Å². The fourth-order valence-electron chi connectivity index (χ4n) is 2.19. The van der Waals surface area contributed by atoms with E-state index in [0.717, 1.165) is 5.25 Å². The minimum Gasteiger partial charge on any atom is -0.316 e. The average molecular weight is 235 g/mol. The topological polar surface area (TPSA) is 12.0 Å². The van der Waals surface area contributed by atoms with Crippen molar-refractivity contribution in [2.45, 2.75) is 31.4 Å². The van der Waals surface area contributed by atoms with Crippen LogP contribution in [0.25, 0.3) is 0 Å². The first kappa shape index (κ1) is 12.0. The molecule has 16 heavy (non-hydrogen) atoms. The van der Waals surface area contributed by atoms with Crippen LogP contribution in [0, 0.1) is 6.92 Å². The van der Waals surface area contributed by atoms with Crippen molar-refractivity contribution in [1.82, 2.24) is 5.32 Å². The largest absolute Gasteiger partial charge is 0.316 e. The van der Waals surface area contributed by atoms with Gasteiger partial charge in [0, 0.05) is 11.8 Å². The molecule has 1 atom stereocenters. The number of thioether (sulfide) groups is 1. The zero-order valence-corrected chi connectivity index (χ0v) is 10.9. The van der Waals surface area contributed by atoms with Crippen molar-refractivity contribution in [3.63, 3.8) is 0 Å². The molecule has 2 heteroatoms. The van der Waals surface area contributed by atoms with Gasteiger partial charge in [-0.3, -0.25) is 0 Å². The highest BCUT2D eigenvalue weighted by molar-refractivity contribution is 7.99. The Kier molecular flexibility index (Phi) is 4.73. The maximum Gasteiger partial charge on any atom is 0.0173 e. The summed E-state index contributed by atoms with van der Waals surface area (Å²) in [5.41, 5.74) is 2.95. The number of hydrogen-bond acceptors (Lipinski definition) is 2. The van der Waals surface area contributed by atoms with Gasteiger partial charge in [-0.1, -0.05) is 24.3 Å². The first-order valence-corrected chi connectivity index (χ1v) is 7.28. The minimum atomic E-state index is 0.845. The Morgan fingerprint density at radius 1 is 1.38 bits per heavy atom. The molecular weight excluding hydrogens is 214 g/mol. The molecule has 0 radical (unpaired) electrons. The number of nitrogens with one attached hydrogen (secondary N) is 1. The van der Waals surface area contributed by atoms with Crippen molar-refractivity contribution in [3.05, 3.63) is 35.4 Å². The fourth-order valence-corrected chi connectivity index (χ4v) is 3.43. The summed E-state index contributed by atoms with van der Waals surface area (Å²) in [5.74, 6) is 1.26. The van der Waals surface area contributed by atoms with Crippen LogP contribution in [-0.4, -0.2) is 24.1 Å². The molecule has 88 valence electrons. The third kappa shape index (κ3) is 3.53. The monoisotopic (exact) mass is 235 g/mol. The van der Waals surface area contributed by atoms with Crippen LogP contribution in [0.4, 0.5) is 0 Å². The molecule has 1 fully saturated rings. The molecule has 0 aliphatic carbocycles. The van der Waals surface area contributed by atoms with E-state index >= 15 is 0 Å². The molecule has 0 saturated carbocycles. The van der Waals surface area contributed by atoms with E-state index in [0.29, 0.717) is 0 Å². The lowest BCUT2D eigenvalue weighted by atomic mass is 10.1. The predicted molar refractivity (Wildman–Crippen MR) is 73.2 cm³/mol. The maximum atomic E-state index is 3.47. The second kappa shape index (κ2) is 6.31. The molecular formula is C14H21NS. The lowest BCUT2D eigenvalue weighted by molar-refractivity contribution is 0.531. The van der Waals surface area contributed by atoms with Crippen molar-refractivity contribution in [3.8, 4) is 0 Å². The number of piperidine rings is 1. The molecule has 1 nitrogen and oxygen atoms in total. The average Bonchev–Trinajstić information content (AvgIpc) is 2.33. The summed E-state index contributed by atoms with van der Waals surface area (Å²) < 4.78 is 0. The number of hydrogen-bond donors (Lipinski definition) is 1. The Morgan fingerprint density at radius 3 is 3.00 bits per heavy atom. The van der Waals surface area contributed by atoms with Gasteiger partial charge in [-0.25, -0.2) is 0 Å². The first-order valence-electron chi connectivity index (χ1n) is 6.23. The van der Waals surface area contributed by atoms with Crippen molar-refractivity contribution in [1.29, 1.82) is 0 Å². The standard InChI is InChI=1S/C14H21NS/c1-12-5-2-3-6-13(12)8-10-16-14-7-4-9-15-11-14/h2-3,5-6,14-15H,4,7-11H2,1H3. The molecule has 1 N–H and O–H groups in total. The molecule has 1 aromatic carbocycles. The zero-order valence-electron chi connectivity index (χ0n) is 10.0. The Bertz CT molecular complexity index is 318. The SMILES string of the molecule is Cc1ccccc1CCSC1CCCNC1. The quantitative estimate of drug-likeness (QED) is 0.861. The van der Waals surface area contributed by atoms with Crippen LogP contribution in [0.1, 0.15) is 24.0 Å². The summed E-state index contributed by atoms with van der Waals surface area (Å²) in [6.45, 7) is 4.63. The predicted octanol–water partition coefficient (Wildman–Crippen LogP) is 3.02. The number of rotatable bonds is 4. The highest BCUT2D eigenvalue weighted by Gasteiger charge is 2.12. The van der Waals surface area contributed by atoms with E-state index in [-0.39, 0.29) is 0 Å². The maximum absolute atomic E-state index is 3.47. The zero-order chi connectivity index (χ0) is 11.2. The molecule has 0 amide bonds. The van der Waals surface area contributed by atoms with E-state index < -0.39 is 0 Å². The van der Waals surface area contributed by atoms with Crippen LogP contribution in [0.15, 0.2) is 24.3 Å². The summed E-state index contributed by atoms with van der Waals surface area (Å²) >= 11 is 2.14. The van der Waals surface area contributed by atoms with Crippen molar-refractivity contribution in [2.24, 2.45) is 0 Å². The van der Waals surface area contributed by atoms with Gasteiger partial charge in [0.2, 0.25) is 0 Å². The molecule has 0 bridgehead atoms. The summed E-state index contributed by atoms with van der Waals surface area (Å²) in [7, 11) is 0. The van der Waals surface area contributed by atoms with E-state index in [1.807, 2.05) is 0 Å². The first-order chi connectivity index (χ1) is 7.86. The Morgan fingerprint density at radius 2 is 2.25 bits per heavy atom. The van der Waals surface area contributed by atoms with Gasteiger partial charge in [0.15, 0.2) is 0 Å². The normalized spacial score (nSPS) is 20.9. The second-order valence-corrected chi connectivity index (χ2v) is 5.92. The van der Waals surface area contributed by atoms with E-state index in [1.165, 1.54) is 49.2 Å². The molecule has 0 spiro atoms. The molecule has 1 aliphatic heterocycles. The van der Waals surface area contributed by atoms with Gasteiger partial charge in [0.25, 0.3) is 0 Å². The highest BCUT2D eigenvalue weighted by atomic mass is 32.2. The van der Waals surface area contributed by atoms with E-state index in [1.54, 1.807) is 0 Å². The summed E-state index contributed by atoms with van der Waals surface area (Å²) in [6.07, 6.45) is 3.96. The highest BCUT2D eigenvalue weighted by Crippen LogP contribution is 2.20. The van der Waals surface area contributed by atoms with Crippen molar-refractivity contribution in [2.75, 3.05) is 18.8 Å². The van der Waals surface area contributed by atoms with Gasteiger partial charge in [0.05, 0.1) is 0 Å².